The number of pyridine rings is 1. The molecule has 0 radical (unpaired) electrons. The van der Waals surface area contributed by atoms with E-state index in [-0.39, 0.29) is 11.1 Å². The Labute approximate surface area is 137 Å². The lowest BCUT2D eigenvalue weighted by atomic mass is 10.1. The molecule has 0 aliphatic heterocycles. The SMILES string of the molecule is CCn1c(=O)ccc2cnc(Nc3ccc(C#N)c(C#N)c3)nc21. The largest absolute Gasteiger partial charge is 0.324 e. The Balaban J connectivity index is 2.04. The number of aromatic nitrogens is 3. The smallest absolute Gasteiger partial charge is 0.252 e. The summed E-state index contributed by atoms with van der Waals surface area (Å²) in [5, 5.41) is 21.8. The van der Waals surface area contributed by atoms with Gasteiger partial charge in [0.15, 0.2) is 0 Å². The van der Waals surface area contributed by atoms with Crippen molar-refractivity contribution in [1.29, 1.82) is 10.5 Å². The molecule has 3 rings (SSSR count). The minimum absolute atomic E-state index is 0.125. The van der Waals surface area contributed by atoms with Crippen LogP contribution in [0.15, 0.2) is 41.3 Å². The second-order valence-corrected chi connectivity index (χ2v) is 5.00. The number of nitrogens with zero attached hydrogens (tertiary/aromatic N) is 5. The number of hydrogen-bond donors (Lipinski definition) is 1. The molecule has 24 heavy (non-hydrogen) atoms. The number of fused-ring (bicyclic) bond motifs is 1. The standard InChI is InChI=1S/C17H12N6O/c1-2-23-15(24)6-4-12-10-20-17(22-16(12)23)21-14-5-3-11(8-18)13(7-14)9-19/h3-7,10H,2H2,1H3,(H,20,21,22). The summed E-state index contributed by atoms with van der Waals surface area (Å²) in [6.45, 7) is 2.37. The van der Waals surface area contributed by atoms with Crippen LogP contribution >= 0.6 is 0 Å². The molecule has 2 aromatic heterocycles. The van der Waals surface area contributed by atoms with Crippen LogP contribution in [-0.4, -0.2) is 14.5 Å². The minimum atomic E-state index is -0.125. The zero-order chi connectivity index (χ0) is 17.1. The van der Waals surface area contributed by atoms with Crippen molar-refractivity contribution in [2.24, 2.45) is 0 Å². The van der Waals surface area contributed by atoms with Crippen LogP contribution < -0.4 is 10.9 Å². The number of nitriles is 2. The third-order valence-corrected chi connectivity index (χ3v) is 3.56. The Morgan fingerprint density at radius 3 is 2.67 bits per heavy atom. The highest BCUT2D eigenvalue weighted by Crippen LogP contribution is 2.19. The van der Waals surface area contributed by atoms with Gasteiger partial charge >= 0.3 is 0 Å². The van der Waals surface area contributed by atoms with Crippen molar-refractivity contribution in [3.8, 4) is 12.1 Å². The first kappa shape index (κ1) is 15.2. The van der Waals surface area contributed by atoms with E-state index in [1.807, 2.05) is 19.1 Å². The van der Waals surface area contributed by atoms with Crippen molar-refractivity contribution in [3.05, 3.63) is 58.0 Å². The molecule has 0 saturated heterocycles. The van der Waals surface area contributed by atoms with Gasteiger partial charge < -0.3 is 5.32 Å². The second-order valence-electron chi connectivity index (χ2n) is 5.00. The van der Waals surface area contributed by atoms with Gasteiger partial charge in [0, 0.05) is 29.9 Å². The van der Waals surface area contributed by atoms with E-state index in [1.54, 1.807) is 35.0 Å². The summed E-state index contributed by atoms with van der Waals surface area (Å²) in [4.78, 5) is 20.5. The summed E-state index contributed by atoms with van der Waals surface area (Å²) in [5.41, 5.74) is 1.58. The fourth-order valence-corrected chi connectivity index (χ4v) is 2.38. The van der Waals surface area contributed by atoms with E-state index in [0.29, 0.717) is 29.4 Å². The number of nitrogens with one attached hydrogen (secondary N) is 1. The normalized spacial score (nSPS) is 10.1. The summed E-state index contributed by atoms with van der Waals surface area (Å²) >= 11 is 0. The molecule has 0 spiro atoms. The molecule has 0 atom stereocenters. The third-order valence-electron chi connectivity index (χ3n) is 3.56. The van der Waals surface area contributed by atoms with Crippen LogP contribution in [0.5, 0.6) is 0 Å². The highest BCUT2D eigenvalue weighted by atomic mass is 16.1. The van der Waals surface area contributed by atoms with Gasteiger partial charge in [-0.1, -0.05) is 0 Å². The van der Waals surface area contributed by atoms with Gasteiger partial charge in [0.1, 0.15) is 17.8 Å². The van der Waals surface area contributed by atoms with Crippen LogP contribution in [0, 0.1) is 22.7 Å². The molecule has 0 fully saturated rings. The molecule has 0 saturated carbocycles. The molecule has 3 aromatic rings. The van der Waals surface area contributed by atoms with Crippen LogP contribution in [0.2, 0.25) is 0 Å². The molecule has 7 heteroatoms. The zero-order valence-electron chi connectivity index (χ0n) is 12.8. The maximum absolute atomic E-state index is 11.9. The Bertz CT molecular complexity index is 1070. The molecule has 0 amide bonds. The first-order chi connectivity index (χ1) is 11.7. The summed E-state index contributed by atoms with van der Waals surface area (Å²) < 4.78 is 1.56. The molecule has 7 nitrogen and oxygen atoms in total. The lowest BCUT2D eigenvalue weighted by molar-refractivity contribution is 0.749. The topological polar surface area (TPSA) is 107 Å². The highest BCUT2D eigenvalue weighted by molar-refractivity contribution is 5.75. The monoisotopic (exact) mass is 316 g/mol. The van der Waals surface area contributed by atoms with Gasteiger partial charge in [0.2, 0.25) is 5.95 Å². The van der Waals surface area contributed by atoms with Gasteiger partial charge in [-0.05, 0) is 31.2 Å². The second kappa shape index (κ2) is 6.19. The first-order valence-electron chi connectivity index (χ1n) is 7.24. The molecule has 1 aromatic carbocycles. The molecule has 116 valence electrons. The molecule has 0 bridgehead atoms. The van der Waals surface area contributed by atoms with E-state index < -0.39 is 0 Å². The quantitative estimate of drug-likeness (QED) is 0.794. The number of hydrogen-bond acceptors (Lipinski definition) is 6. The van der Waals surface area contributed by atoms with Crippen LogP contribution in [0.25, 0.3) is 11.0 Å². The van der Waals surface area contributed by atoms with Crippen molar-refractivity contribution in [3.63, 3.8) is 0 Å². The molecular weight excluding hydrogens is 304 g/mol. The van der Waals surface area contributed by atoms with E-state index in [9.17, 15) is 4.79 Å². The summed E-state index contributed by atoms with van der Waals surface area (Å²) in [6, 6.07) is 11.9. The van der Waals surface area contributed by atoms with Crippen LogP contribution in [0.3, 0.4) is 0 Å². The Hall–Kier alpha value is -3.71. The first-order valence-corrected chi connectivity index (χ1v) is 7.24. The van der Waals surface area contributed by atoms with Crippen molar-refractivity contribution in [1.82, 2.24) is 14.5 Å². The van der Waals surface area contributed by atoms with E-state index in [0.717, 1.165) is 5.39 Å². The molecule has 0 unspecified atom stereocenters. The molecule has 0 aliphatic rings. The summed E-state index contributed by atoms with van der Waals surface area (Å²) in [5.74, 6) is 0.309. The molecule has 2 heterocycles. The number of anilines is 2. The van der Waals surface area contributed by atoms with Gasteiger partial charge in [0.05, 0.1) is 11.1 Å². The summed E-state index contributed by atoms with van der Waals surface area (Å²) in [7, 11) is 0. The third kappa shape index (κ3) is 2.67. The number of aryl methyl sites for hydroxylation is 1. The van der Waals surface area contributed by atoms with Gasteiger partial charge in [-0.15, -0.1) is 0 Å². The van der Waals surface area contributed by atoms with E-state index in [4.69, 9.17) is 10.5 Å². The van der Waals surface area contributed by atoms with Crippen molar-refractivity contribution >= 4 is 22.7 Å². The zero-order valence-corrected chi connectivity index (χ0v) is 12.8. The maximum atomic E-state index is 11.9. The Morgan fingerprint density at radius 1 is 1.17 bits per heavy atom. The van der Waals surface area contributed by atoms with Gasteiger partial charge in [0.25, 0.3) is 5.56 Å². The predicted octanol–water partition coefficient (Wildman–Crippen LogP) is 2.30. The van der Waals surface area contributed by atoms with Crippen molar-refractivity contribution in [2.45, 2.75) is 13.5 Å². The van der Waals surface area contributed by atoms with Crippen LogP contribution in [0.4, 0.5) is 11.6 Å². The number of rotatable bonds is 3. The maximum Gasteiger partial charge on any atom is 0.252 e. The molecule has 0 aliphatic carbocycles. The lowest BCUT2D eigenvalue weighted by Crippen LogP contribution is -2.19. The number of benzene rings is 1. The average Bonchev–Trinajstić information content (AvgIpc) is 2.61. The lowest BCUT2D eigenvalue weighted by Gasteiger charge is -2.09. The van der Waals surface area contributed by atoms with Crippen LogP contribution in [-0.2, 0) is 6.54 Å². The van der Waals surface area contributed by atoms with Crippen molar-refractivity contribution < 1.29 is 0 Å². The van der Waals surface area contributed by atoms with Gasteiger partial charge in [-0.3, -0.25) is 9.36 Å². The summed E-state index contributed by atoms with van der Waals surface area (Å²) in [6.07, 6.45) is 1.63. The van der Waals surface area contributed by atoms with E-state index >= 15 is 0 Å². The fourth-order valence-electron chi connectivity index (χ4n) is 2.38. The Kier molecular flexibility index (Phi) is 3.92. The van der Waals surface area contributed by atoms with Gasteiger partial charge in [-0.2, -0.15) is 15.5 Å². The van der Waals surface area contributed by atoms with Crippen molar-refractivity contribution in [2.75, 3.05) is 5.32 Å². The fraction of sp³-hybridized carbons (Fsp3) is 0.118. The highest BCUT2D eigenvalue weighted by Gasteiger charge is 2.07. The molecule has 1 N–H and O–H groups in total. The van der Waals surface area contributed by atoms with E-state index in [1.165, 1.54) is 6.07 Å². The minimum Gasteiger partial charge on any atom is -0.324 e. The molecular formula is C17H12N6O. The average molecular weight is 316 g/mol. The predicted molar refractivity (Wildman–Crippen MR) is 88.6 cm³/mol. The van der Waals surface area contributed by atoms with E-state index in [2.05, 4.69) is 15.3 Å². The van der Waals surface area contributed by atoms with Gasteiger partial charge in [-0.25, -0.2) is 4.98 Å². The van der Waals surface area contributed by atoms with Crippen LogP contribution in [0.1, 0.15) is 18.1 Å². The Morgan fingerprint density at radius 2 is 1.96 bits per heavy atom.